The van der Waals surface area contributed by atoms with E-state index in [2.05, 4.69) is 100 Å². The molecule has 0 heterocycles. The number of benzene rings is 2. The Hall–Kier alpha value is -2.78. The van der Waals surface area contributed by atoms with Crippen LogP contribution in [-0.4, -0.2) is 89.9 Å². The van der Waals surface area contributed by atoms with E-state index in [9.17, 15) is 9.59 Å². The van der Waals surface area contributed by atoms with Crippen molar-refractivity contribution < 1.29 is 43.9 Å². The highest BCUT2D eigenvalue weighted by Crippen LogP contribution is 2.25. The van der Waals surface area contributed by atoms with Crippen LogP contribution in [0.1, 0.15) is 130 Å². The lowest BCUT2D eigenvalue weighted by Crippen LogP contribution is -3.00. The molecule has 10 heteroatoms. The Bertz CT molecular complexity index is 1210. The Morgan fingerprint density at radius 1 is 0.500 bits per heavy atom. The average molecular weight is 792 g/mol. The molecule has 0 aromatic heterocycles. The van der Waals surface area contributed by atoms with Gasteiger partial charge in [-0.1, -0.05) is 78.1 Å². The van der Waals surface area contributed by atoms with E-state index in [1.807, 2.05) is 12.4 Å². The predicted octanol–water partition coefficient (Wildman–Crippen LogP) is 3.73. The molecule has 2 aromatic carbocycles. The minimum atomic E-state index is -0.121. The molecular formula is C44H72Cl2N4O4. The smallest absolute Gasteiger partial charge is 0.362 e. The first kappa shape index (κ1) is 51.2. The van der Waals surface area contributed by atoms with Crippen molar-refractivity contribution in [1.82, 2.24) is 8.97 Å². The summed E-state index contributed by atoms with van der Waals surface area (Å²) in [7, 11) is 0. The molecule has 0 aliphatic carbocycles. The van der Waals surface area contributed by atoms with E-state index < -0.39 is 0 Å². The van der Waals surface area contributed by atoms with Gasteiger partial charge in [-0.25, -0.2) is 9.59 Å². The van der Waals surface area contributed by atoms with Crippen LogP contribution in [0.4, 0.5) is 11.4 Å². The molecule has 0 radical (unpaired) electrons. The van der Waals surface area contributed by atoms with Crippen LogP contribution in [-0.2, 0) is 19.1 Å². The van der Waals surface area contributed by atoms with Crippen molar-refractivity contribution in [2.75, 3.05) is 65.6 Å². The van der Waals surface area contributed by atoms with Gasteiger partial charge < -0.3 is 34.3 Å². The molecule has 0 N–H and O–H groups in total. The van der Waals surface area contributed by atoms with Crippen molar-refractivity contribution in [3.8, 4) is 0 Å². The first-order chi connectivity index (χ1) is 25.3. The van der Waals surface area contributed by atoms with Crippen molar-refractivity contribution in [1.29, 1.82) is 0 Å². The normalized spacial score (nSPS) is 11.7. The maximum Gasteiger partial charge on any atom is 0.362 e. The van der Waals surface area contributed by atoms with Crippen LogP contribution in [0.3, 0.4) is 0 Å². The van der Waals surface area contributed by atoms with E-state index in [1.54, 1.807) is 0 Å². The second-order valence-electron chi connectivity index (χ2n) is 14.1. The zero-order chi connectivity index (χ0) is 37.9. The summed E-state index contributed by atoms with van der Waals surface area (Å²) in [5.74, 6) is -0.242. The van der Waals surface area contributed by atoms with Gasteiger partial charge in [0.2, 0.25) is 0 Å². The summed E-state index contributed by atoms with van der Waals surface area (Å²) in [5.41, 5.74) is 4.29. The molecule has 2 aromatic rings. The van der Waals surface area contributed by atoms with E-state index in [0.717, 1.165) is 74.4 Å². The van der Waals surface area contributed by atoms with Crippen LogP contribution in [0, 0.1) is 0 Å². The summed E-state index contributed by atoms with van der Waals surface area (Å²) >= 11 is 0. The van der Waals surface area contributed by atoms with E-state index in [-0.39, 0.29) is 36.8 Å². The third-order valence-electron chi connectivity index (χ3n) is 10.5. The standard InChI is InChI=1S/C44H72N4O4.2ClH/c1-7-13-15-17-19-21-33-51-43(49)37-47(9-3,10-4)41-27-23-39(24-28-41)35-45-31-32-46-36-40-25-29-42(30-26-40)48(11-5,12-6)38-44(50)52-34-22-20-18-16-14-8-2;;/h23-30,35-36H,7-22,31-34,37-38H2,1-6H3;2*1H/q+2;;/p-2. The van der Waals surface area contributed by atoms with Crippen LogP contribution >= 0.6 is 0 Å². The maximum atomic E-state index is 12.8. The number of hydrogen-bond acceptors (Lipinski definition) is 6. The Kier molecular flexibility index (Phi) is 28.9. The minimum absolute atomic E-state index is 0. The molecule has 8 nitrogen and oxygen atoms in total. The fraction of sp³-hybridized carbons (Fsp3) is 0.636. The number of quaternary nitrogens is 2. The highest BCUT2D eigenvalue weighted by Gasteiger charge is 2.31. The largest absolute Gasteiger partial charge is 1.00 e. The Morgan fingerprint density at radius 3 is 1.13 bits per heavy atom. The molecule has 0 bridgehead atoms. The Balaban J connectivity index is 0.0000140. The second-order valence-corrected chi connectivity index (χ2v) is 14.1. The van der Waals surface area contributed by atoms with Gasteiger partial charge in [-0.3, -0.25) is 19.0 Å². The van der Waals surface area contributed by atoms with Gasteiger partial charge in [0, 0.05) is 12.4 Å². The quantitative estimate of drug-likeness (QED) is 0.0546. The van der Waals surface area contributed by atoms with Crippen LogP contribution in [0.2, 0.25) is 0 Å². The number of hydrogen-bond donors (Lipinski definition) is 0. The van der Waals surface area contributed by atoms with E-state index in [0.29, 0.717) is 48.4 Å². The fourth-order valence-corrected chi connectivity index (χ4v) is 6.74. The van der Waals surface area contributed by atoms with Gasteiger partial charge in [-0.15, -0.1) is 0 Å². The summed E-state index contributed by atoms with van der Waals surface area (Å²) < 4.78 is 12.4. The molecule has 0 unspecified atom stereocenters. The monoisotopic (exact) mass is 790 g/mol. The van der Waals surface area contributed by atoms with Gasteiger partial charge in [0.25, 0.3) is 0 Å². The number of rotatable bonds is 29. The lowest BCUT2D eigenvalue weighted by Gasteiger charge is -2.35. The van der Waals surface area contributed by atoms with Crippen molar-refractivity contribution in [3.63, 3.8) is 0 Å². The zero-order valence-electron chi connectivity index (χ0n) is 34.5. The minimum Gasteiger partial charge on any atom is -1.00 e. The molecule has 0 atom stereocenters. The number of carbonyl (C=O) groups excluding carboxylic acids is 2. The SMILES string of the molecule is CCCCCCCCOC(=O)C[N+](CC)(CC)c1ccc(C=NCCN=Cc2ccc([N+](CC)(CC)CC(=O)OCCCCCCCC)cc2)cc1.[Cl-].[Cl-]. The van der Waals surface area contributed by atoms with E-state index >= 15 is 0 Å². The van der Waals surface area contributed by atoms with Gasteiger partial charge in [0.05, 0.1) is 52.5 Å². The fourth-order valence-electron chi connectivity index (χ4n) is 6.74. The number of unbranched alkanes of at least 4 members (excludes halogenated alkanes) is 10. The number of nitrogens with zero attached hydrogens (tertiary/aromatic N) is 4. The highest BCUT2D eigenvalue weighted by atomic mass is 35.5. The molecular weight excluding hydrogens is 719 g/mol. The Morgan fingerprint density at radius 2 is 0.815 bits per heavy atom. The maximum absolute atomic E-state index is 12.8. The van der Waals surface area contributed by atoms with Gasteiger partial charge >= 0.3 is 11.9 Å². The summed E-state index contributed by atoms with van der Waals surface area (Å²) in [6.07, 6.45) is 17.9. The van der Waals surface area contributed by atoms with Crippen LogP contribution in [0.25, 0.3) is 0 Å². The van der Waals surface area contributed by atoms with Crippen LogP contribution in [0.5, 0.6) is 0 Å². The van der Waals surface area contributed by atoms with Crippen molar-refractivity contribution >= 4 is 35.7 Å². The first-order valence-electron chi connectivity index (χ1n) is 20.6. The van der Waals surface area contributed by atoms with Gasteiger partial charge in [-0.2, -0.15) is 0 Å². The molecule has 0 fully saturated rings. The summed E-state index contributed by atoms with van der Waals surface area (Å²) in [4.78, 5) is 34.7. The number of ether oxygens (including phenoxy) is 2. The molecule has 306 valence electrons. The number of aliphatic imine (C=N–C) groups is 2. The molecule has 0 saturated heterocycles. The van der Waals surface area contributed by atoms with E-state index in [1.165, 1.54) is 51.4 Å². The molecule has 0 aliphatic heterocycles. The lowest BCUT2D eigenvalue weighted by atomic mass is 10.1. The third-order valence-corrected chi connectivity index (χ3v) is 10.5. The Labute approximate surface area is 341 Å². The molecule has 0 aliphatic rings. The average Bonchev–Trinajstić information content (AvgIpc) is 3.17. The van der Waals surface area contributed by atoms with Crippen LogP contribution < -0.4 is 33.8 Å². The predicted molar refractivity (Wildman–Crippen MR) is 222 cm³/mol. The summed E-state index contributed by atoms with van der Waals surface area (Å²) in [6, 6.07) is 16.7. The number of likely N-dealkylation sites (N-methyl/N-ethyl adjacent to an activating group) is 2. The molecule has 0 spiro atoms. The second kappa shape index (κ2) is 30.4. The molecule has 0 amide bonds. The van der Waals surface area contributed by atoms with Crippen LogP contribution in [0.15, 0.2) is 58.5 Å². The summed E-state index contributed by atoms with van der Waals surface area (Å²) in [6.45, 7) is 19.2. The van der Waals surface area contributed by atoms with Gasteiger partial charge in [0.15, 0.2) is 13.1 Å². The highest BCUT2D eigenvalue weighted by molar-refractivity contribution is 5.82. The topological polar surface area (TPSA) is 77.3 Å². The molecule has 54 heavy (non-hydrogen) atoms. The number of esters is 2. The van der Waals surface area contributed by atoms with E-state index in [4.69, 9.17) is 9.47 Å². The number of carbonyl (C=O) groups is 2. The first-order valence-corrected chi connectivity index (χ1v) is 20.6. The number of halogens is 2. The molecule has 2 rings (SSSR count). The van der Waals surface area contributed by atoms with Crippen molar-refractivity contribution in [3.05, 3.63) is 59.7 Å². The van der Waals surface area contributed by atoms with Crippen molar-refractivity contribution in [2.24, 2.45) is 9.98 Å². The lowest BCUT2D eigenvalue weighted by molar-refractivity contribution is -0.145. The summed E-state index contributed by atoms with van der Waals surface area (Å²) in [5, 5.41) is 0. The van der Waals surface area contributed by atoms with Crippen molar-refractivity contribution in [2.45, 2.75) is 119 Å². The molecule has 0 saturated carbocycles. The van der Waals surface area contributed by atoms with Gasteiger partial charge in [0.1, 0.15) is 11.4 Å². The third kappa shape index (κ3) is 18.7. The zero-order valence-corrected chi connectivity index (χ0v) is 36.0. The van der Waals surface area contributed by atoms with Gasteiger partial charge in [-0.05, 0) is 100 Å².